The number of piperazine rings is 1. The minimum Gasteiger partial charge on any atom is -0.353 e. The SMILES string of the molecule is O=C1C2CC=CCC2C(=O)N1CC1CCCCC1CN1CCN(c2nsc3ccccc23)CC1. The lowest BCUT2D eigenvalue weighted by Crippen LogP contribution is -2.49. The molecule has 3 heterocycles. The third-order valence-electron chi connectivity index (χ3n) is 8.61. The maximum Gasteiger partial charge on any atom is 0.233 e. The predicted octanol–water partition coefficient (Wildman–Crippen LogP) is 4.18. The molecule has 0 bridgehead atoms. The molecule has 6 nitrogen and oxygen atoms in total. The molecule has 0 spiro atoms. The smallest absolute Gasteiger partial charge is 0.233 e. The fourth-order valence-corrected chi connectivity index (χ4v) is 7.42. The van der Waals surface area contributed by atoms with Gasteiger partial charge in [0.05, 0.1) is 16.5 Å². The highest BCUT2D eigenvalue weighted by Crippen LogP contribution is 2.38. The third-order valence-corrected chi connectivity index (χ3v) is 9.42. The molecule has 2 aliphatic carbocycles. The van der Waals surface area contributed by atoms with Crippen LogP contribution in [0.15, 0.2) is 36.4 Å². The van der Waals surface area contributed by atoms with Crippen molar-refractivity contribution in [1.29, 1.82) is 0 Å². The van der Waals surface area contributed by atoms with Crippen molar-refractivity contribution in [2.45, 2.75) is 38.5 Å². The summed E-state index contributed by atoms with van der Waals surface area (Å²) < 4.78 is 6.01. The van der Waals surface area contributed by atoms with Crippen LogP contribution >= 0.6 is 11.5 Å². The zero-order chi connectivity index (χ0) is 23.1. The van der Waals surface area contributed by atoms with Crippen LogP contribution in [-0.2, 0) is 9.59 Å². The number of likely N-dealkylation sites (tertiary alicyclic amines) is 1. The van der Waals surface area contributed by atoms with Gasteiger partial charge in [-0.15, -0.1) is 0 Å². The summed E-state index contributed by atoms with van der Waals surface area (Å²) >= 11 is 1.59. The number of rotatable bonds is 5. The predicted molar refractivity (Wildman–Crippen MR) is 136 cm³/mol. The Kier molecular flexibility index (Phi) is 6.16. The fraction of sp³-hybridized carbons (Fsp3) is 0.593. The van der Waals surface area contributed by atoms with E-state index >= 15 is 0 Å². The normalized spacial score (nSPS) is 30.4. The second-order valence-electron chi connectivity index (χ2n) is 10.5. The first-order valence-electron chi connectivity index (χ1n) is 13.0. The molecule has 0 radical (unpaired) electrons. The summed E-state index contributed by atoms with van der Waals surface area (Å²) in [6.07, 6.45) is 10.5. The van der Waals surface area contributed by atoms with Crippen molar-refractivity contribution in [2.75, 3.05) is 44.2 Å². The van der Waals surface area contributed by atoms with Gasteiger partial charge in [0.2, 0.25) is 11.8 Å². The van der Waals surface area contributed by atoms with Crippen molar-refractivity contribution in [2.24, 2.45) is 23.7 Å². The van der Waals surface area contributed by atoms with E-state index in [2.05, 4.69) is 46.2 Å². The molecule has 6 rings (SSSR count). The van der Waals surface area contributed by atoms with Gasteiger partial charge in [-0.05, 0) is 61.2 Å². The molecule has 1 aromatic heterocycles. The first-order valence-corrected chi connectivity index (χ1v) is 13.8. The molecule has 0 N–H and O–H groups in total. The van der Waals surface area contributed by atoms with Crippen LogP contribution in [-0.4, -0.2) is 65.3 Å². The fourth-order valence-electron chi connectivity index (χ4n) is 6.62. The van der Waals surface area contributed by atoms with Gasteiger partial charge in [-0.3, -0.25) is 19.4 Å². The highest BCUT2D eigenvalue weighted by atomic mass is 32.1. The van der Waals surface area contributed by atoms with Gasteiger partial charge in [0.1, 0.15) is 5.82 Å². The zero-order valence-electron chi connectivity index (χ0n) is 19.8. The minimum absolute atomic E-state index is 0.0905. The Hall–Kier alpha value is -2.25. The van der Waals surface area contributed by atoms with Gasteiger partial charge in [-0.25, -0.2) is 0 Å². The first-order chi connectivity index (χ1) is 16.7. The number of hydrogen-bond donors (Lipinski definition) is 0. The summed E-state index contributed by atoms with van der Waals surface area (Å²) in [5.41, 5.74) is 0. The van der Waals surface area contributed by atoms with Crippen molar-refractivity contribution >= 4 is 39.3 Å². The van der Waals surface area contributed by atoms with E-state index in [9.17, 15) is 9.59 Å². The maximum absolute atomic E-state index is 13.0. The topological polar surface area (TPSA) is 56.8 Å². The van der Waals surface area contributed by atoms with Crippen LogP contribution in [0.4, 0.5) is 5.82 Å². The monoisotopic (exact) mass is 478 g/mol. The molecular weight excluding hydrogens is 444 g/mol. The van der Waals surface area contributed by atoms with Gasteiger partial charge in [0.25, 0.3) is 0 Å². The van der Waals surface area contributed by atoms with E-state index in [4.69, 9.17) is 4.37 Å². The zero-order valence-corrected chi connectivity index (χ0v) is 20.6. The summed E-state index contributed by atoms with van der Waals surface area (Å²) in [6, 6.07) is 8.51. The number of allylic oxidation sites excluding steroid dienone is 2. The molecule has 2 aromatic rings. The maximum atomic E-state index is 13.0. The number of carbonyl (C=O) groups excluding carboxylic acids is 2. The van der Waals surface area contributed by atoms with Gasteiger partial charge in [0.15, 0.2) is 0 Å². The molecule has 2 saturated heterocycles. The average Bonchev–Trinajstić information content (AvgIpc) is 3.41. The molecule has 3 fully saturated rings. The second-order valence-corrected chi connectivity index (χ2v) is 11.3. The standard InChI is InChI=1S/C27H34N4O2S/c32-26-21-9-3-4-10-22(21)27(33)31(26)18-20-8-2-1-7-19(20)17-29-13-15-30(16-14-29)25-23-11-5-6-12-24(23)34-28-25/h3-6,11-12,19-22H,1-2,7-10,13-18H2. The summed E-state index contributed by atoms with van der Waals surface area (Å²) in [4.78, 5) is 32.7. The molecule has 180 valence electrons. The Morgan fingerprint density at radius 3 is 2.21 bits per heavy atom. The summed E-state index contributed by atoms with van der Waals surface area (Å²) in [7, 11) is 0. The second kappa shape index (κ2) is 9.42. The lowest BCUT2D eigenvalue weighted by molar-refractivity contribution is -0.141. The third kappa shape index (κ3) is 4.07. The lowest BCUT2D eigenvalue weighted by Gasteiger charge is -2.40. The van der Waals surface area contributed by atoms with E-state index in [-0.39, 0.29) is 23.7 Å². The van der Waals surface area contributed by atoms with Crippen LogP contribution in [0.1, 0.15) is 38.5 Å². The van der Waals surface area contributed by atoms with Gasteiger partial charge in [0, 0.05) is 44.7 Å². The highest BCUT2D eigenvalue weighted by molar-refractivity contribution is 7.13. The first kappa shape index (κ1) is 22.2. The number of benzene rings is 1. The van der Waals surface area contributed by atoms with Gasteiger partial charge >= 0.3 is 0 Å². The average molecular weight is 479 g/mol. The molecule has 4 atom stereocenters. The van der Waals surface area contributed by atoms with E-state index in [0.717, 1.165) is 57.8 Å². The molecule has 1 saturated carbocycles. The largest absolute Gasteiger partial charge is 0.353 e. The summed E-state index contributed by atoms with van der Waals surface area (Å²) in [5, 5.41) is 1.27. The quantitative estimate of drug-likeness (QED) is 0.477. The van der Waals surface area contributed by atoms with E-state index in [1.807, 2.05) is 0 Å². The van der Waals surface area contributed by atoms with Crippen molar-refractivity contribution in [3.8, 4) is 0 Å². The molecule has 1 aromatic carbocycles. The molecular formula is C27H34N4O2S. The van der Waals surface area contributed by atoms with Crippen LogP contribution in [0.3, 0.4) is 0 Å². The van der Waals surface area contributed by atoms with Gasteiger partial charge in [-0.2, -0.15) is 4.37 Å². The van der Waals surface area contributed by atoms with Gasteiger partial charge < -0.3 is 4.90 Å². The van der Waals surface area contributed by atoms with E-state index < -0.39 is 0 Å². The lowest BCUT2D eigenvalue weighted by atomic mass is 9.78. The van der Waals surface area contributed by atoms with E-state index in [1.54, 1.807) is 16.4 Å². The number of nitrogens with zero attached hydrogens (tertiary/aromatic N) is 4. The number of fused-ring (bicyclic) bond motifs is 2. The minimum atomic E-state index is -0.102. The van der Waals surface area contributed by atoms with Crippen molar-refractivity contribution in [3.63, 3.8) is 0 Å². The van der Waals surface area contributed by atoms with Crippen molar-refractivity contribution in [1.82, 2.24) is 14.2 Å². The number of carbonyl (C=O) groups is 2. The van der Waals surface area contributed by atoms with E-state index in [0.29, 0.717) is 18.4 Å². The summed E-state index contributed by atoms with van der Waals surface area (Å²) in [5.74, 6) is 2.12. The Morgan fingerprint density at radius 2 is 1.50 bits per heavy atom. The molecule has 7 heteroatoms. The molecule has 2 aliphatic heterocycles. The number of hydrogen-bond acceptors (Lipinski definition) is 6. The Labute approximate surface area is 205 Å². The van der Waals surface area contributed by atoms with Crippen LogP contribution < -0.4 is 4.90 Å². The van der Waals surface area contributed by atoms with Crippen LogP contribution in [0, 0.1) is 23.7 Å². The van der Waals surface area contributed by atoms with E-state index in [1.165, 1.54) is 29.3 Å². The Morgan fingerprint density at radius 1 is 0.853 bits per heavy atom. The highest BCUT2D eigenvalue weighted by Gasteiger charge is 2.48. The molecule has 34 heavy (non-hydrogen) atoms. The van der Waals surface area contributed by atoms with Crippen LogP contribution in [0.25, 0.3) is 10.1 Å². The number of imide groups is 1. The number of aromatic nitrogens is 1. The van der Waals surface area contributed by atoms with Crippen molar-refractivity contribution in [3.05, 3.63) is 36.4 Å². The Bertz CT molecular complexity index is 1060. The van der Waals surface area contributed by atoms with Gasteiger partial charge in [-0.1, -0.05) is 37.1 Å². The molecule has 4 unspecified atom stereocenters. The molecule has 2 amide bonds. The van der Waals surface area contributed by atoms with Crippen LogP contribution in [0.2, 0.25) is 0 Å². The summed E-state index contributed by atoms with van der Waals surface area (Å²) in [6.45, 7) is 5.83. The number of anilines is 1. The molecule has 4 aliphatic rings. The van der Waals surface area contributed by atoms with Crippen LogP contribution in [0.5, 0.6) is 0 Å². The number of amides is 2. The Balaban J connectivity index is 1.07. The van der Waals surface area contributed by atoms with Crippen molar-refractivity contribution < 1.29 is 9.59 Å².